The van der Waals surface area contributed by atoms with Gasteiger partial charge in [0.05, 0.1) is 26.2 Å². The van der Waals surface area contributed by atoms with E-state index >= 15 is 0 Å². The van der Waals surface area contributed by atoms with Crippen molar-refractivity contribution in [2.75, 3.05) is 26.2 Å². The zero-order valence-corrected chi connectivity index (χ0v) is 22.0. The van der Waals surface area contributed by atoms with Gasteiger partial charge in [-0.25, -0.2) is 4.98 Å². The van der Waals surface area contributed by atoms with Crippen molar-refractivity contribution < 1.29 is 14.3 Å². The third kappa shape index (κ3) is 10.3. The average molecular weight is 500 g/mol. The van der Waals surface area contributed by atoms with Gasteiger partial charge in [0, 0.05) is 15.6 Å². The van der Waals surface area contributed by atoms with Gasteiger partial charge in [-0.15, -0.1) is 0 Å². The molecule has 1 aromatic heterocycles. The Morgan fingerprint density at radius 3 is 1.65 bits per heavy atom. The van der Waals surface area contributed by atoms with Crippen LogP contribution in [-0.2, 0) is 0 Å². The van der Waals surface area contributed by atoms with E-state index in [1.807, 2.05) is 25.1 Å². The maximum atomic E-state index is 9.54. The fourth-order valence-electron chi connectivity index (χ4n) is 3.91. The molecule has 1 heterocycles. The van der Waals surface area contributed by atoms with Crippen molar-refractivity contribution in [2.45, 2.75) is 86.0 Å². The van der Waals surface area contributed by atoms with E-state index in [1.165, 1.54) is 82.0 Å². The van der Waals surface area contributed by atoms with Gasteiger partial charge < -0.3 is 14.3 Å². The van der Waals surface area contributed by atoms with Gasteiger partial charge in [0.15, 0.2) is 0 Å². The molecule has 0 saturated heterocycles. The lowest BCUT2D eigenvalue weighted by Crippen LogP contribution is -3.00. The van der Waals surface area contributed by atoms with Gasteiger partial charge in [-0.1, -0.05) is 69.3 Å². The Labute approximate surface area is 198 Å². The molecule has 0 fully saturated rings. The summed E-state index contributed by atoms with van der Waals surface area (Å²) in [5, 5.41) is 10.5. The highest BCUT2D eigenvalue weighted by Crippen LogP contribution is 2.29. The Morgan fingerprint density at radius 1 is 0.774 bits per heavy atom. The number of halogens is 2. The van der Waals surface area contributed by atoms with Gasteiger partial charge >= 0.3 is 0 Å². The van der Waals surface area contributed by atoms with Crippen molar-refractivity contribution >= 4 is 26.8 Å². The fraction of sp³-hybridized carbons (Fsp3) is 0.654. The first-order valence-electron chi connectivity index (χ1n) is 12.0. The first kappa shape index (κ1) is 29.8. The Bertz CT molecular complexity index is 701. The quantitative estimate of drug-likeness (QED) is 0.416. The van der Waals surface area contributed by atoms with Crippen LogP contribution in [0.2, 0.25) is 0 Å². The summed E-state index contributed by atoms with van der Waals surface area (Å²) in [7, 11) is 0. The average Bonchev–Trinajstić information content (AvgIpc) is 2.76. The summed E-state index contributed by atoms with van der Waals surface area (Å²) in [6.07, 6.45) is 11.1. The van der Waals surface area contributed by atoms with Crippen LogP contribution in [0.5, 0.6) is 5.75 Å². The second-order valence-corrected chi connectivity index (χ2v) is 9.42. The third-order valence-electron chi connectivity index (χ3n) is 5.87. The number of aryl methyl sites for hydroxylation is 1. The number of aromatic hydroxyl groups is 1. The van der Waals surface area contributed by atoms with Gasteiger partial charge in [-0.3, -0.25) is 0 Å². The molecule has 178 valence electrons. The minimum absolute atomic E-state index is 0. The van der Waals surface area contributed by atoms with Crippen LogP contribution in [-0.4, -0.2) is 40.8 Å². The van der Waals surface area contributed by atoms with Crippen LogP contribution in [0, 0.1) is 6.92 Å². The standard InChI is InChI=1S/C16H36N.C10H8BrNO.FH/c1-5-9-13-17(14-10-6-2,15-11-7-3)16-12-8-4;1-6-2-3-7-8(11)4-5-9(13)10(7)12-6;/h5-16H2,1-4H3;2-5,13H,1H3;1H/q+1;;/p-1. The number of hydrogen-bond acceptors (Lipinski definition) is 2. The number of fused-ring (bicyclic) bond motifs is 1. The zero-order valence-electron chi connectivity index (χ0n) is 20.4. The Balaban J connectivity index is 0.000000576. The molecule has 2 aromatic rings. The minimum atomic E-state index is 0. The van der Waals surface area contributed by atoms with Crippen molar-refractivity contribution in [3.05, 3.63) is 34.4 Å². The highest BCUT2D eigenvalue weighted by Gasteiger charge is 2.24. The van der Waals surface area contributed by atoms with Crippen LogP contribution in [0.4, 0.5) is 0 Å². The minimum Gasteiger partial charge on any atom is -1.00 e. The van der Waals surface area contributed by atoms with Gasteiger partial charge in [0.1, 0.15) is 11.3 Å². The Kier molecular flexibility index (Phi) is 15.8. The molecule has 0 aliphatic carbocycles. The molecule has 0 aliphatic rings. The van der Waals surface area contributed by atoms with E-state index in [0.29, 0.717) is 5.52 Å². The maximum Gasteiger partial charge on any atom is 0.141 e. The smallest absolute Gasteiger partial charge is 0.141 e. The SMILES string of the molecule is CCCC[N+](CCCC)(CCCC)CCCC.Cc1ccc2c(Br)ccc(O)c2n1.[F-]. The largest absolute Gasteiger partial charge is 1.00 e. The second-order valence-electron chi connectivity index (χ2n) is 8.57. The summed E-state index contributed by atoms with van der Waals surface area (Å²) >= 11 is 3.40. The van der Waals surface area contributed by atoms with Crippen LogP contribution in [0.1, 0.15) is 84.8 Å². The molecule has 0 saturated carbocycles. The Hall–Kier alpha value is -1.20. The van der Waals surface area contributed by atoms with Crippen LogP contribution in [0.3, 0.4) is 0 Å². The number of unbranched alkanes of at least 4 members (excludes halogenated alkanes) is 4. The summed E-state index contributed by atoms with van der Waals surface area (Å²) in [6.45, 7) is 16.9. The summed E-state index contributed by atoms with van der Waals surface area (Å²) in [5.41, 5.74) is 1.55. The van der Waals surface area contributed by atoms with Crippen molar-refractivity contribution in [1.82, 2.24) is 4.98 Å². The number of phenols is 1. The molecule has 1 N–H and O–H groups in total. The zero-order chi connectivity index (χ0) is 22.4. The summed E-state index contributed by atoms with van der Waals surface area (Å²) in [6, 6.07) is 7.32. The van der Waals surface area contributed by atoms with E-state index in [9.17, 15) is 5.11 Å². The molecule has 1 aromatic carbocycles. The van der Waals surface area contributed by atoms with Gasteiger partial charge in [-0.2, -0.15) is 0 Å². The molecule has 0 radical (unpaired) electrons. The molecular weight excluding hydrogens is 455 g/mol. The van der Waals surface area contributed by atoms with Crippen LogP contribution >= 0.6 is 15.9 Å². The number of quaternary nitrogens is 1. The highest BCUT2D eigenvalue weighted by molar-refractivity contribution is 9.10. The molecule has 0 bridgehead atoms. The molecule has 0 atom stereocenters. The monoisotopic (exact) mass is 498 g/mol. The van der Waals surface area contributed by atoms with Crippen molar-refractivity contribution in [3.8, 4) is 5.75 Å². The van der Waals surface area contributed by atoms with Gasteiger partial charge in [0.25, 0.3) is 0 Å². The Morgan fingerprint density at radius 2 is 1.23 bits per heavy atom. The normalized spacial score (nSPS) is 11.0. The molecule has 2 rings (SSSR count). The lowest BCUT2D eigenvalue weighted by Gasteiger charge is -2.39. The molecule has 5 heteroatoms. The number of aromatic nitrogens is 1. The number of benzene rings is 1. The molecule has 31 heavy (non-hydrogen) atoms. The fourth-order valence-corrected chi connectivity index (χ4v) is 4.36. The van der Waals surface area contributed by atoms with Gasteiger partial charge in [-0.05, 0) is 56.9 Å². The second kappa shape index (κ2) is 16.4. The predicted molar refractivity (Wildman–Crippen MR) is 135 cm³/mol. The van der Waals surface area contributed by atoms with E-state index in [2.05, 4.69) is 48.6 Å². The van der Waals surface area contributed by atoms with E-state index < -0.39 is 0 Å². The number of rotatable bonds is 12. The predicted octanol–water partition coefficient (Wildman–Crippen LogP) is 5.02. The first-order valence-corrected chi connectivity index (χ1v) is 12.8. The molecule has 3 nitrogen and oxygen atoms in total. The van der Waals surface area contributed by atoms with E-state index in [4.69, 9.17) is 0 Å². The van der Waals surface area contributed by atoms with E-state index in [0.717, 1.165) is 15.6 Å². The van der Waals surface area contributed by atoms with Crippen molar-refractivity contribution in [3.63, 3.8) is 0 Å². The highest BCUT2D eigenvalue weighted by atomic mass is 79.9. The summed E-state index contributed by atoms with van der Waals surface area (Å²) < 4.78 is 2.37. The number of nitrogens with zero attached hydrogens (tertiary/aromatic N) is 2. The van der Waals surface area contributed by atoms with Crippen LogP contribution < -0.4 is 4.70 Å². The summed E-state index contributed by atoms with van der Waals surface area (Å²) in [5.74, 6) is 0.224. The van der Waals surface area contributed by atoms with E-state index in [-0.39, 0.29) is 10.5 Å². The lowest BCUT2D eigenvalue weighted by molar-refractivity contribution is -0.929. The maximum absolute atomic E-state index is 9.54. The van der Waals surface area contributed by atoms with Crippen LogP contribution in [0.15, 0.2) is 28.7 Å². The van der Waals surface area contributed by atoms with E-state index in [1.54, 1.807) is 6.07 Å². The number of pyridine rings is 1. The van der Waals surface area contributed by atoms with Crippen molar-refractivity contribution in [1.29, 1.82) is 0 Å². The van der Waals surface area contributed by atoms with Crippen molar-refractivity contribution in [2.24, 2.45) is 0 Å². The number of hydrogen-bond donors (Lipinski definition) is 1. The molecule has 0 aliphatic heterocycles. The number of phenolic OH excluding ortho intramolecular Hbond substituents is 1. The molecule has 0 unspecified atom stereocenters. The van der Waals surface area contributed by atoms with Gasteiger partial charge in [0.2, 0.25) is 0 Å². The lowest BCUT2D eigenvalue weighted by atomic mass is 10.1. The molecule has 0 amide bonds. The topological polar surface area (TPSA) is 33.1 Å². The first-order chi connectivity index (χ1) is 14.4. The molecular formula is C26H44BrFN2O. The summed E-state index contributed by atoms with van der Waals surface area (Å²) in [4.78, 5) is 4.26. The molecule has 0 spiro atoms. The van der Waals surface area contributed by atoms with Crippen LogP contribution in [0.25, 0.3) is 10.9 Å². The third-order valence-corrected chi connectivity index (χ3v) is 6.56.